The number of allylic oxidation sites excluding steroid dienone is 5. The lowest BCUT2D eigenvalue weighted by molar-refractivity contribution is 0.411. The van der Waals surface area contributed by atoms with E-state index in [2.05, 4.69) is 13.2 Å². The van der Waals surface area contributed by atoms with Gasteiger partial charge in [-0.15, -0.1) is 0 Å². The minimum atomic E-state index is -0.343. The molecule has 102 valence electrons. The zero-order chi connectivity index (χ0) is 14.5. The molecule has 0 saturated heterocycles. The summed E-state index contributed by atoms with van der Waals surface area (Å²) >= 11 is 0. The molecule has 0 aromatic rings. The van der Waals surface area contributed by atoms with Crippen LogP contribution >= 0.6 is 0 Å². The van der Waals surface area contributed by atoms with Gasteiger partial charge < -0.3 is 0 Å². The van der Waals surface area contributed by atoms with Gasteiger partial charge in [-0.1, -0.05) is 38.7 Å². The van der Waals surface area contributed by atoms with Gasteiger partial charge in [-0.05, 0) is 38.2 Å². The van der Waals surface area contributed by atoms with Crippen LogP contribution in [0.4, 0.5) is 4.39 Å². The summed E-state index contributed by atoms with van der Waals surface area (Å²) in [4.78, 5) is 0. The van der Waals surface area contributed by atoms with E-state index < -0.39 is 0 Å². The maximum absolute atomic E-state index is 13.6. The minimum Gasteiger partial charge on any atom is -0.292 e. The fraction of sp³-hybridized carbons (Fsp3) is 0.467. The molecule has 0 fully saturated rings. The highest BCUT2D eigenvalue weighted by atomic mass is 19.1. The van der Waals surface area contributed by atoms with E-state index in [1.807, 2.05) is 27.7 Å². The second-order valence-corrected chi connectivity index (χ2v) is 5.13. The molecular weight excluding hydrogens is 227 g/mol. The summed E-state index contributed by atoms with van der Waals surface area (Å²) in [6.07, 6.45) is 3.68. The molecule has 0 aromatic carbocycles. The van der Waals surface area contributed by atoms with Crippen LogP contribution in [0.25, 0.3) is 0 Å². The third-order valence-corrected chi connectivity index (χ3v) is 3.27. The summed E-state index contributed by atoms with van der Waals surface area (Å²) in [6, 6.07) is 0. The Labute approximate surface area is 110 Å². The number of rotatable bonds is 6. The second-order valence-electron chi connectivity index (χ2n) is 5.13. The number of hydrazine groups is 1. The van der Waals surface area contributed by atoms with Crippen molar-refractivity contribution < 1.29 is 4.39 Å². The Bertz CT molecular complexity index is 389. The molecule has 0 unspecified atom stereocenters. The van der Waals surface area contributed by atoms with Gasteiger partial charge in [0.2, 0.25) is 0 Å². The molecular formula is C15H25FN2. The van der Waals surface area contributed by atoms with Gasteiger partial charge >= 0.3 is 0 Å². The first kappa shape index (κ1) is 16.6. The molecule has 0 aliphatic rings. The van der Waals surface area contributed by atoms with Crippen LogP contribution < -0.4 is 5.84 Å². The van der Waals surface area contributed by atoms with E-state index in [1.165, 1.54) is 11.1 Å². The number of halogens is 1. The van der Waals surface area contributed by atoms with Crippen molar-refractivity contribution in [1.29, 1.82) is 0 Å². The standard InChI is InChI=1S/C15H25FN2/c1-8-14(16)12(4)15(6,7)10-11(3)13(5)18(17)9-2/h8-9H,2,4,10,17H2,1,3,5-7H3/b13-11+,14-8+. The molecule has 18 heavy (non-hydrogen) atoms. The lowest BCUT2D eigenvalue weighted by Crippen LogP contribution is -2.24. The molecule has 0 spiro atoms. The molecule has 0 saturated carbocycles. The van der Waals surface area contributed by atoms with E-state index >= 15 is 0 Å². The number of nitrogens with two attached hydrogens (primary N) is 1. The van der Waals surface area contributed by atoms with Crippen LogP contribution in [0.2, 0.25) is 0 Å². The summed E-state index contributed by atoms with van der Waals surface area (Å²) in [6.45, 7) is 17.0. The topological polar surface area (TPSA) is 29.3 Å². The predicted molar refractivity (Wildman–Crippen MR) is 77.0 cm³/mol. The first-order valence-electron chi connectivity index (χ1n) is 6.01. The molecule has 0 bridgehead atoms. The van der Waals surface area contributed by atoms with Crippen molar-refractivity contribution in [2.75, 3.05) is 0 Å². The monoisotopic (exact) mass is 252 g/mol. The summed E-state index contributed by atoms with van der Waals surface area (Å²) in [5.41, 5.74) is 2.18. The summed E-state index contributed by atoms with van der Waals surface area (Å²) in [5, 5.41) is 1.47. The highest BCUT2D eigenvalue weighted by Gasteiger charge is 2.25. The van der Waals surface area contributed by atoms with Gasteiger partial charge in [-0.25, -0.2) is 10.2 Å². The lowest BCUT2D eigenvalue weighted by Gasteiger charge is -2.28. The maximum atomic E-state index is 13.6. The Kier molecular flexibility index (Phi) is 6.06. The summed E-state index contributed by atoms with van der Waals surface area (Å²) in [7, 11) is 0. The average Bonchev–Trinajstić information content (AvgIpc) is 2.34. The van der Waals surface area contributed by atoms with Crippen molar-refractivity contribution in [2.24, 2.45) is 11.3 Å². The number of hydrogen-bond donors (Lipinski definition) is 1. The Balaban J connectivity index is 5.10. The molecule has 0 atom stereocenters. The van der Waals surface area contributed by atoms with Gasteiger partial charge in [-0.3, -0.25) is 5.01 Å². The van der Waals surface area contributed by atoms with Gasteiger partial charge in [-0.2, -0.15) is 0 Å². The Morgan fingerprint density at radius 1 is 1.39 bits per heavy atom. The zero-order valence-corrected chi connectivity index (χ0v) is 12.2. The minimum absolute atomic E-state index is 0.251. The van der Waals surface area contributed by atoms with E-state index in [4.69, 9.17) is 5.84 Å². The molecule has 0 rings (SSSR count). The molecule has 0 heterocycles. The first-order valence-corrected chi connectivity index (χ1v) is 6.01. The SMILES string of the molecule is C=CN(N)/C(C)=C(\C)CC(C)(C)C(=C)/C(F)=C\C. The first-order chi connectivity index (χ1) is 8.17. The van der Waals surface area contributed by atoms with E-state index in [0.717, 1.165) is 11.3 Å². The van der Waals surface area contributed by atoms with Crippen molar-refractivity contribution in [3.8, 4) is 0 Å². The van der Waals surface area contributed by atoms with E-state index in [0.29, 0.717) is 12.0 Å². The fourth-order valence-corrected chi connectivity index (χ4v) is 1.75. The van der Waals surface area contributed by atoms with Crippen molar-refractivity contribution in [3.05, 3.63) is 48.1 Å². The molecule has 2 nitrogen and oxygen atoms in total. The normalized spacial score (nSPS) is 14.1. The van der Waals surface area contributed by atoms with Gasteiger partial charge in [0.05, 0.1) is 0 Å². The van der Waals surface area contributed by atoms with Crippen molar-refractivity contribution in [2.45, 2.75) is 41.0 Å². The average molecular weight is 252 g/mol. The lowest BCUT2D eigenvalue weighted by atomic mass is 9.78. The van der Waals surface area contributed by atoms with Crippen LogP contribution in [0, 0.1) is 5.41 Å². The van der Waals surface area contributed by atoms with Crippen LogP contribution in [0.5, 0.6) is 0 Å². The van der Waals surface area contributed by atoms with Crippen LogP contribution in [-0.4, -0.2) is 5.01 Å². The number of hydrogen-bond acceptors (Lipinski definition) is 2. The molecule has 0 radical (unpaired) electrons. The van der Waals surface area contributed by atoms with Crippen molar-refractivity contribution >= 4 is 0 Å². The quantitative estimate of drug-likeness (QED) is 0.430. The Hall–Kier alpha value is -1.35. The molecule has 3 heteroatoms. The predicted octanol–water partition coefficient (Wildman–Crippen LogP) is 4.45. The van der Waals surface area contributed by atoms with Crippen LogP contribution in [-0.2, 0) is 0 Å². The van der Waals surface area contributed by atoms with Crippen molar-refractivity contribution in [3.63, 3.8) is 0 Å². The highest BCUT2D eigenvalue weighted by molar-refractivity contribution is 5.29. The van der Waals surface area contributed by atoms with E-state index in [1.54, 1.807) is 13.1 Å². The van der Waals surface area contributed by atoms with E-state index in [-0.39, 0.29) is 11.2 Å². The summed E-state index contributed by atoms with van der Waals surface area (Å²) in [5.74, 6) is 5.50. The molecule has 0 aliphatic heterocycles. The molecule has 2 N–H and O–H groups in total. The molecule has 0 aliphatic carbocycles. The third kappa shape index (κ3) is 4.15. The fourth-order valence-electron chi connectivity index (χ4n) is 1.75. The smallest absolute Gasteiger partial charge is 0.122 e. The van der Waals surface area contributed by atoms with Gasteiger partial charge in [0.15, 0.2) is 0 Å². The van der Waals surface area contributed by atoms with Gasteiger partial charge in [0, 0.05) is 11.9 Å². The summed E-state index contributed by atoms with van der Waals surface area (Å²) < 4.78 is 13.6. The Morgan fingerprint density at radius 3 is 2.28 bits per heavy atom. The Morgan fingerprint density at radius 2 is 1.89 bits per heavy atom. The third-order valence-electron chi connectivity index (χ3n) is 3.27. The van der Waals surface area contributed by atoms with Crippen LogP contribution in [0.15, 0.2) is 48.1 Å². The highest BCUT2D eigenvalue weighted by Crippen LogP contribution is 2.37. The van der Waals surface area contributed by atoms with Crippen LogP contribution in [0.1, 0.15) is 41.0 Å². The second kappa shape index (κ2) is 6.55. The van der Waals surface area contributed by atoms with Gasteiger partial charge in [0.1, 0.15) is 5.83 Å². The maximum Gasteiger partial charge on any atom is 0.122 e. The molecule has 0 amide bonds. The van der Waals surface area contributed by atoms with E-state index in [9.17, 15) is 4.39 Å². The molecule has 0 aromatic heterocycles. The zero-order valence-electron chi connectivity index (χ0n) is 12.2. The van der Waals surface area contributed by atoms with Gasteiger partial charge in [0.25, 0.3) is 0 Å². The number of nitrogens with zero attached hydrogens (tertiary/aromatic N) is 1. The largest absolute Gasteiger partial charge is 0.292 e. The van der Waals surface area contributed by atoms with Crippen LogP contribution in [0.3, 0.4) is 0 Å². The van der Waals surface area contributed by atoms with Crippen molar-refractivity contribution in [1.82, 2.24) is 5.01 Å².